The molecule has 2 aromatic heterocycles. The summed E-state index contributed by atoms with van der Waals surface area (Å²) in [6.45, 7) is 0.870. The fourth-order valence-electron chi connectivity index (χ4n) is 4.26. The number of urea groups is 1. The van der Waals surface area contributed by atoms with Gasteiger partial charge >= 0.3 is 12.2 Å². The Morgan fingerprint density at radius 1 is 1.15 bits per heavy atom. The number of hydrogen-bond acceptors (Lipinski definition) is 9. The van der Waals surface area contributed by atoms with Gasteiger partial charge in [-0.25, -0.2) is 19.7 Å². The van der Waals surface area contributed by atoms with Gasteiger partial charge in [-0.1, -0.05) is 0 Å². The van der Waals surface area contributed by atoms with Crippen molar-refractivity contribution in [3.8, 4) is 0 Å². The summed E-state index contributed by atoms with van der Waals surface area (Å²) < 4.78 is 40.5. The molecule has 3 amide bonds. The number of carbonyl (C=O) groups excluding carboxylic acids is 2. The molecule has 4 N–H and O–H groups in total. The number of β-amino-alcohol motifs (C(OH)–C–C–N with tert-alkyl or cyclic N) is 1. The number of benzene rings is 1. The van der Waals surface area contributed by atoms with Crippen molar-refractivity contribution in [2.75, 3.05) is 41.3 Å². The Hall–Kier alpha value is -3.43. The van der Waals surface area contributed by atoms with Gasteiger partial charge in [0.15, 0.2) is 5.13 Å². The lowest BCUT2D eigenvalue weighted by molar-refractivity contribution is -0.137. The summed E-state index contributed by atoms with van der Waals surface area (Å²) in [4.78, 5) is 41.3. The number of nitrogens with zero attached hydrogens (tertiary/aromatic N) is 4. The number of rotatable bonds is 7. The first kappa shape index (κ1) is 27.1. The van der Waals surface area contributed by atoms with Gasteiger partial charge in [0.2, 0.25) is 0 Å². The Morgan fingerprint density at radius 2 is 2.00 bits per heavy atom. The maximum atomic E-state index is 13.5. The maximum Gasteiger partial charge on any atom is 0.416 e. The molecule has 0 saturated carbocycles. The Bertz CT molecular complexity index is 1390. The standard InChI is InChI=1S/C24H24F3N7O3S2/c25-24(26,27)14-7-13(21(36)34-5-2-16(35)11-34)8-15(9-14)32-22(37)33-23-29-10-17(39-23)1-4-28-20-19-18(3-6-38-19)30-12-31-20/h7-10,12,16,35H,1-6,11H2,(H,28,30,31)(H2,29,32,33,37)/t16-/m1/s1. The van der Waals surface area contributed by atoms with E-state index in [1.165, 1.54) is 22.3 Å². The van der Waals surface area contributed by atoms with Crippen LogP contribution < -0.4 is 16.0 Å². The van der Waals surface area contributed by atoms with Gasteiger partial charge in [0.05, 0.1) is 22.3 Å². The van der Waals surface area contributed by atoms with Crippen molar-refractivity contribution in [1.82, 2.24) is 19.9 Å². The van der Waals surface area contributed by atoms with E-state index in [4.69, 9.17) is 0 Å². The first-order chi connectivity index (χ1) is 18.7. The second kappa shape index (κ2) is 11.4. The summed E-state index contributed by atoms with van der Waals surface area (Å²) >= 11 is 2.96. The zero-order chi connectivity index (χ0) is 27.6. The summed E-state index contributed by atoms with van der Waals surface area (Å²) in [5.41, 5.74) is -0.451. The lowest BCUT2D eigenvalue weighted by Gasteiger charge is -2.18. The van der Waals surface area contributed by atoms with Crippen molar-refractivity contribution in [3.05, 3.63) is 52.4 Å². The molecule has 0 spiro atoms. The van der Waals surface area contributed by atoms with E-state index in [2.05, 4.69) is 30.9 Å². The number of alkyl halides is 3. The van der Waals surface area contributed by atoms with E-state index < -0.39 is 29.8 Å². The first-order valence-electron chi connectivity index (χ1n) is 12.1. The average molecular weight is 580 g/mol. The summed E-state index contributed by atoms with van der Waals surface area (Å²) in [6.07, 6.45) is -0.387. The van der Waals surface area contributed by atoms with Crippen LogP contribution in [0.2, 0.25) is 0 Å². The molecule has 15 heteroatoms. The van der Waals surface area contributed by atoms with E-state index >= 15 is 0 Å². The van der Waals surface area contributed by atoms with Crippen molar-refractivity contribution < 1.29 is 27.9 Å². The van der Waals surface area contributed by atoms with Crippen LogP contribution >= 0.6 is 23.1 Å². The molecule has 0 unspecified atom stereocenters. The molecule has 39 heavy (non-hydrogen) atoms. The third-order valence-corrected chi connectivity index (χ3v) is 8.21. The largest absolute Gasteiger partial charge is 0.416 e. The van der Waals surface area contributed by atoms with Gasteiger partial charge in [-0.15, -0.1) is 23.1 Å². The topological polar surface area (TPSA) is 132 Å². The van der Waals surface area contributed by atoms with Crippen LogP contribution in [0, 0.1) is 0 Å². The Labute approximate surface area is 229 Å². The Kier molecular flexibility index (Phi) is 7.91. The van der Waals surface area contributed by atoms with Crippen LogP contribution in [0.3, 0.4) is 0 Å². The number of anilines is 3. The molecule has 4 heterocycles. The minimum absolute atomic E-state index is 0.0421. The van der Waals surface area contributed by atoms with E-state index in [0.717, 1.165) is 45.6 Å². The zero-order valence-electron chi connectivity index (χ0n) is 20.4. The first-order valence-corrected chi connectivity index (χ1v) is 13.9. The van der Waals surface area contributed by atoms with Crippen LogP contribution in [-0.2, 0) is 19.0 Å². The fourth-order valence-corrected chi connectivity index (χ4v) is 6.15. The van der Waals surface area contributed by atoms with Gasteiger partial charge < -0.3 is 20.6 Å². The third-order valence-electron chi connectivity index (χ3n) is 6.12. The van der Waals surface area contributed by atoms with Crippen LogP contribution in [0.5, 0.6) is 0 Å². The molecule has 5 rings (SSSR count). The molecule has 10 nitrogen and oxygen atoms in total. The molecular formula is C24H24F3N7O3S2. The molecule has 1 atom stereocenters. The molecule has 206 valence electrons. The molecule has 0 aliphatic carbocycles. The van der Waals surface area contributed by atoms with Gasteiger partial charge in [-0.2, -0.15) is 13.2 Å². The van der Waals surface area contributed by atoms with Crippen molar-refractivity contribution in [3.63, 3.8) is 0 Å². The number of likely N-dealkylation sites (tertiary alicyclic amines) is 1. The van der Waals surface area contributed by atoms with Crippen LogP contribution in [0.25, 0.3) is 0 Å². The predicted molar refractivity (Wildman–Crippen MR) is 141 cm³/mol. The molecule has 1 fully saturated rings. The number of aliphatic hydroxyl groups excluding tert-OH is 1. The number of thioether (sulfide) groups is 1. The second-order valence-electron chi connectivity index (χ2n) is 8.97. The van der Waals surface area contributed by atoms with Gasteiger partial charge in [0.25, 0.3) is 5.91 Å². The smallest absolute Gasteiger partial charge is 0.391 e. The highest BCUT2D eigenvalue weighted by molar-refractivity contribution is 7.99. The molecule has 3 aromatic rings. The number of aliphatic hydroxyl groups is 1. The lowest BCUT2D eigenvalue weighted by atomic mass is 10.1. The SMILES string of the molecule is O=C(Nc1cc(C(=O)N2CC[C@@H](O)C2)cc(C(F)(F)F)c1)Nc1ncc(CCNc2ncnc3c2SCC3)s1. The molecule has 1 saturated heterocycles. The number of amides is 3. The molecule has 2 aliphatic heterocycles. The number of aryl methyl sites for hydroxylation is 1. The van der Waals surface area contributed by atoms with E-state index in [1.807, 2.05) is 0 Å². The minimum Gasteiger partial charge on any atom is -0.391 e. The monoisotopic (exact) mass is 579 g/mol. The highest BCUT2D eigenvalue weighted by Gasteiger charge is 2.33. The van der Waals surface area contributed by atoms with E-state index in [-0.39, 0.29) is 29.5 Å². The van der Waals surface area contributed by atoms with Crippen LogP contribution in [-0.4, -0.2) is 68.4 Å². The lowest BCUT2D eigenvalue weighted by Crippen LogP contribution is -2.30. The maximum absolute atomic E-state index is 13.5. The van der Waals surface area contributed by atoms with E-state index in [0.29, 0.717) is 19.4 Å². The molecule has 2 aliphatic rings. The van der Waals surface area contributed by atoms with Gasteiger partial charge in [0.1, 0.15) is 12.1 Å². The van der Waals surface area contributed by atoms with Gasteiger partial charge in [-0.05, 0) is 24.6 Å². The Morgan fingerprint density at radius 3 is 2.77 bits per heavy atom. The van der Waals surface area contributed by atoms with Gasteiger partial charge in [0, 0.05) is 60.6 Å². The molecule has 0 radical (unpaired) electrons. The highest BCUT2D eigenvalue weighted by atomic mass is 32.2. The zero-order valence-corrected chi connectivity index (χ0v) is 22.0. The number of thiazole rings is 1. The number of fused-ring (bicyclic) bond motifs is 1. The summed E-state index contributed by atoms with van der Waals surface area (Å²) in [5.74, 6) is 1.13. The van der Waals surface area contributed by atoms with E-state index in [1.54, 1.807) is 24.3 Å². The second-order valence-corrected chi connectivity index (χ2v) is 11.2. The van der Waals surface area contributed by atoms with Crippen molar-refractivity contribution in [2.24, 2.45) is 0 Å². The number of nitrogens with one attached hydrogen (secondary N) is 3. The quantitative estimate of drug-likeness (QED) is 0.329. The predicted octanol–water partition coefficient (Wildman–Crippen LogP) is 4.11. The normalized spacial score (nSPS) is 16.7. The number of halogens is 3. The number of aromatic nitrogens is 3. The number of carbonyl (C=O) groups is 2. The van der Waals surface area contributed by atoms with Crippen LogP contribution in [0.1, 0.15) is 32.9 Å². The van der Waals surface area contributed by atoms with Crippen LogP contribution in [0.4, 0.5) is 34.6 Å². The fraction of sp³-hybridized carbons (Fsp3) is 0.375. The summed E-state index contributed by atoms with van der Waals surface area (Å²) in [6, 6.07) is 1.89. The summed E-state index contributed by atoms with van der Waals surface area (Å²) in [5, 5.41) is 18.1. The third kappa shape index (κ3) is 6.59. The summed E-state index contributed by atoms with van der Waals surface area (Å²) in [7, 11) is 0. The van der Waals surface area contributed by atoms with Crippen LogP contribution in [0.15, 0.2) is 35.6 Å². The average Bonchev–Trinajstić information content (AvgIpc) is 3.64. The van der Waals surface area contributed by atoms with Crippen molar-refractivity contribution in [1.29, 1.82) is 0 Å². The minimum atomic E-state index is -4.73. The number of hydrogen-bond donors (Lipinski definition) is 4. The van der Waals surface area contributed by atoms with Gasteiger partial charge in [-0.3, -0.25) is 10.1 Å². The van der Waals surface area contributed by atoms with Crippen molar-refractivity contribution >= 4 is 51.7 Å². The van der Waals surface area contributed by atoms with E-state index in [9.17, 15) is 27.9 Å². The Balaban J connectivity index is 1.20. The molecule has 1 aromatic carbocycles. The molecular weight excluding hydrogens is 555 g/mol. The highest BCUT2D eigenvalue weighted by Crippen LogP contribution is 2.35. The molecule has 0 bridgehead atoms. The van der Waals surface area contributed by atoms with Crippen molar-refractivity contribution in [2.45, 2.75) is 36.4 Å².